The van der Waals surface area contributed by atoms with Crippen molar-refractivity contribution in [2.45, 2.75) is 192 Å². The number of carbonyl (C=O) groups excluding carboxylic acids is 1. The lowest BCUT2D eigenvalue weighted by atomic mass is 9.77. The molecule has 1 aromatic rings. The fraction of sp³-hybridized carbons (Fsp3) is 0.841. The normalized spacial score (nSPS) is 45.6. The third-order valence-electron chi connectivity index (χ3n) is 13.3. The number of hydrogen-bond donors (Lipinski definition) is 5. The third kappa shape index (κ3) is 11.2. The Morgan fingerprint density at radius 2 is 1.55 bits per heavy atom. The van der Waals surface area contributed by atoms with E-state index in [0.717, 1.165) is 5.56 Å². The molecule has 58 heavy (non-hydrogen) atoms. The topological polar surface area (TPSA) is 180 Å². The molecule has 5 N–H and O–H groups in total. The first-order valence-corrected chi connectivity index (χ1v) is 21.3. The second kappa shape index (κ2) is 19.9. The highest BCUT2D eigenvalue weighted by atomic mass is 16.7. The molecular formula is C44H76N2O12. The summed E-state index contributed by atoms with van der Waals surface area (Å²) in [5.74, 6) is -2.69. The van der Waals surface area contributed by atoms with Crippen LogP contribution in [0.1, 0.15) is 100 Å². The molecule has 14 heteroatoms. The Morgan fingerprint density at radius 3 is 2.14 bits per heavy atom. The Morgan fingerprint density at radius 1 is 0.914 bits per heavy atom. The maximum atomic E-state index is 14.4. The minimum absolute atomic E-state index is 0.124. The molecule has 3 aliphatic rings. The van der Waals surface area contributed by atoms with E-state index in [1.807, 2.05) is 77.0 Å². The van der Waals surface area contributed by atoms with Crippen LogP contribution in [0.2, 0.25) is 0 Å². The molecule has 0 aromatic heterocycles. The van der Waals surface area contributed by atoms with E-state index in [1.165, 1.54) is 14.0 Å². The van der Waals surface area contributed by atoms with Gasteiger partial charge in [0.2, 0.25) is 0 Å². The number of ether oxygens (including phenoxy) is 6. The van der Waals surface area contributed by atoms with Crippen LogP contribution in [0.4, 0.5) is 0 Å². The van der Waals surface area contributed by atoms with Gasteiger partial charge in [0, 0.05) is 44.6 Å². The molecule has 3 heterocycles. The van der Waals surface area contributed by atoms with Gasteiger partial charge in [0.05, 0.1) is 41.5 Å². The molecule has 0 unspecified atom stereocenters. The minimum Gasteiger partial charge on any atom is -0.459 e. The summed E-state index contributed by atoms with van der Waals surface area (Å²) in [6.07, 6.45) is -8.49. The van der Waals surface area contributed by atoms with Crippen LogP contribution in [0.5, 0.6) is 0 Å². The summed E-state index contributed by atoms with van der Waals surface area (Å²) >= 11 is 0. The summed E-state index contributed by atoms with van der Waals surface area (Å²) in [5, 5.41) is 59.5. The van der Waals surface area contributed by atoms with Crippen LogP contribution >= 0.6 is 0 Å². The SMILES string of the molecule is CC[C@H]1OC(=O)[C@H](C)[C@@H](O[C@H]2C[C@@](C)(OC)[C@@H](O)[C@H](C)O2)[C@H](C)[C@@H](O[C@@H]2O[C@H](C)C[C@H](N(C)C)[C@H]2O)[C@](C)(O)C[C@@H](C)CN(Cc2ccccc2)[C@H](C)[C@@H](O)[C@]1(C)O. The molecule has 3 fully saturated rings. The second-order valence-corrected chi connectivity index (χ2v) is 18.6. The number of methoxy groups -OCH3 is 1. The molecule has 0 saturated carbocycles. The molecule has 0 amide bonds. The number of rotatable bonds is 9. The number of hydrogen-bond acceptors (Lipinski definition) is 14. The lowest BCUT2D eigenvalue weighted by molar-refractivity contribution is -0.318. The van der Waals surface area contributed by atoms with Gasteiger partial charge in [-0.2, -0.15) is 0 Å². The first kappa shape index (κ1) is 48.9. The Bertz CT molecular complexity index is 1430. The molecule has 1 aromatic carbocycles. The number of aliphatic hydroxyl groups is 5. The predicted octanol–water partition coefficient (Wildman–Crippen LogP) is 3.47. The van der Waals surface area contributed by atoms with Gasteiger partial charge < -0.3 is 58.9 Å². The zero-order chi connectivity index (χ0) is 43.5. The van der Waals surface area contributed by atoms with Crippen LogP contribution in [-0.2, 0) is 39.8 Å². The van der Waals surface area contributed by atoms with Gasteiger partial charge in [-0.1, -0.05) is 51.1 Å². The van der Waals surface area contributed by atoms with E-state index in [4.69, 9.17) is 28.4 Å². The number of aliphatic hydroxyl groups excluding tert-OH is 3. The molecule has 14 nitrogen and oxygen atoms in total. The van der Waals surface area contributed by atoms with Crippen molar-refractivity contribution >= 4 is 5.97 Å². The van der Waals surface area contributed by atoms with Crippen molar-refractivity contribution in [1.82, 2.24) is 9.80 Å². The monoisotopic (exact) mass is 825 g/mol. The van der Waals surface area contributed by atoms with Crippen LogP contribution in [0.3, 0.4) is 0 Å². The Labute approximate surface area is 347 Å². The third-order valence-corrected chi connectivity index (χ3v) is 13.3. The molecule has 3 aliphatic heterocycles. The Balaban J connectivity index is 1.85. The van der Waals surface area contributed by atoms with Gasteiger partial charge in [0.1, 0.15) is 30.0 Å². The summed E-state index contributed by atoms with van der Waals surface area (Å²) < 4.78 is 38.0. The van der Waals surface area contributed by atoms with Gasteiger partial charge in [-0.05, 0) is 93.3 Å². The van der Waals surface area contributed by atoms with E-state index >= 15 is 0 Å². The van der Waals surface area contributed by atoms with Gasteiger partial charge in [0.15, 0.2) is 12.6 Å². The first-order chi connectivity index (χ1) is 27.0. The van der Waals surface area contributed by atoms with Crippen LogP contribution in [0.25, 0.3) is 0 Å². The number of nitrogens with zero attached hydrogens (tertiary/aromatic N) is 2. The molecule has 18 atom stereocenters. The quantitative estimate of drug-likeness (QED) is 0.229. The fourth-order valence-electron chi connectivity index (χ4n) is 9.63. The number of likely N-dealkylation sites (N-methyl/N-ethyl adjacent to an activating group) is 1. The van der Waals surface area contributed by atoms with Gasteiger partial charge in [-0.25, -0.2) is 0 Å². The molecule has 0 aliphatic carbocycles. The zero-order valence-corrected chi connectivity index (χ0v) is 37.3. The van der Waals surface area contributed by atoms with Crippen molar-refractivity contribution in [3.05, 3.63) is 35.9 Å². The number of benzene rings is 1. The van der Waals surface area contributed by atoms with Gasteiger partial charge in [0.25, 0.3) is 0 Å². The van der Waals surface area contributed by atoms with E-state index < -0.39 is 96.0 Å². The standard InChI is InChI=1S/C44H76N2O12/c1-14-33-44(10,52)37(48)29(6)46(24-31-18-16-15-17-19-31)23-25(2)21-42(8,51)39(58-41-35(47)32(45(11)12)20-26(3)54-41)27(4)36(28(5)40(50)56-33)57-34-22-43(9,53-13)38(49)30(7)55-34/h15-19,25-30,32-39,41,47-49,51-52H,14,20-24H2,1-13H3/t25-,26-,27+,28-,29-,30+,32+,33-,34+,35-,36+,37-,38+,39-,41+,42-,43-,44-/m1/s1. The zero-order valence-electron chi connectivity index (χ0n) is 37.3. The summed E-state index contributed by atoms with van der Waals surface area (Å²) in [6, 6.07) is 8.94. The van der Waals surface area contributed by atoms with Crippen molar-refractivity contribution in [1.29, 1.82) is 0 Å². The van der Waals surface area contributed by atoms with Crippen molar-refractivity contribution < 1.29 is 58.7 Å². The maximum absolute atomic E-state index is 14.4. The van der Waals surface area contributed by atoms with Crippen molar-refractivity contribution in [2.75, 3.05) is 27.7 Å². The Kier molecular flexibility index (Phi) is 16.8. The molecule has 3 saturated heterocycles. The largest absolute Gasteiger partial charge is 0.459 e. The lowest BCUT2D eigenvalue weighted by Crippen LogP contribution is -2.60. The summed E-state index contributed by atoms with van der Waals surface area (Å²) in [4.78, 5) is 18.5. The van der Waals surface area contributed by atoms with Gasteiger partial charge >= 0.3 is 5.97 Å². The highest BCUT2D eigenvalue weighted by Gasteiger charge is 2.53. The van der Waals surface area contributed by atoms with Crippen LogP contribution in [-0.4, -0.2) is 159 Å². The molecule has 4 rings (SSSR count). The average molecular weight is 825 g/mol. The molecule has 334 valence electrons. The van der Waals surface area contributed by atoms with Crippen LogP contribution < -0.4 is 0 Å². The summed E-state index contributed by atoms with van der Waals surface area (Å²) in [7, 11) is 5.29. The van der Waals surface area contributed by atoms with E-state index in [-0.39, 0.29) is 37.3 Å². The first-order valence-electron chi connectivity index (χ1n) is 21.3. The number of cyclic esters (lactones) is 1. The smallest absolute Gasteiger partial charge is 0.311 e. The fourth-order valence-corrected chi connectivity index (χ4v) is 9.63. The second-order valence-electron chi connectivity index (χ2n) is 18.6. The average Bonchev–Trinajstić information content (AvgIpc) is 3.16. The van der Waals surface area contributed by atoms with Crippen molar-refractivity contribution in [3.63, 3.8) is 0 Å². The number of esters is 1. The van der Waals surface area contributed by atoms with Gasteiger partial charge in [-0.15, -0.1) is 0 Å². The lowest BCUT2D eigenvalue weighted by Gasteiger charge is -2.48. The van der Waals surface area contributed by atoms with Gasteiger partial charge in [-0.3, -0.25) is 9.69 Å². The minimum atomic E-state index is -1.85. The van der Waals surface area contributed by atoms with Crippen LogP contribution in [0, 0.1) is 17.8 Å². The summed E-state index contributed by atoms with van der Waals surface area (Å²) in [6.45, 7) is 18.6. The van der Waals surface area contributed by atoms with Crippen molar-refractivity contribution in [3.8, 4) is 0 Å². The Hall–Kier alpha value is -1.79. The van der Waals surface area contributed by atoms with E-state index in [9.17, 15) is 30.3 Å². The molecule has 0 radical (unpaired) electrons. The van der Waals surface area contributed by atoms with E-state index in [2.05, 4.69) is 4.90 Å². The van der Waals surface area contributed by atoms with Crippen LogP contribution in [0.15, 0.2) is 30.3 Å². The molecular weight excluding hydrogens is 748 g/mol. The van der Waals surface area contributed by atoms with E-state index in [0.29, 0.717) is 19.5 Å². The highest BCUT2D eigenvalue weighted by Crippen LogP contribution is 2.40. The maximum Gasteiger partial charge on any atom is 0.311 e. The van der Waals surface area contributed by atoms with Crippen molar-refractivity contribution in [2.24, 2.45) is 17.8 Å². The highest BCUT2D eigenvalue weighted by molar-refractivity contribution is 5.73. The molecule has 0 bridgehead atoms. The number of carbonyl (C=O) groups is 1. The van der Waals surface area contributed by atoms with E-state index in [1.54, 1.807) is 34.6 Å². The predicted molar refractivity (Wildman–Crippen MR) is 218 cm³/mol. The molecule has 0 spiro atoms. The summed E-state index contributed by atoms with van der Waals surface area (Å²) in [5.41, 5.74) is -3.48.